The van der Waals surface area contributed by atoms with Crippen LogP contribution in [0.15, 0.2) is 24.3 Å². The van der Waals surface area contributed by atoms with E-state index in [0.717, 1.165) is 24.2 Å². The van der Waals surface area contributed by atoms with Crippen LogP contribution in [0.2, 0.25) is 0 Å². The Kier molecular flexibility index (Phi) is 7.23. The smallest absolute Gasteiger partial charge is 0.220 e. The minimum Gasteiger partial charge on any atom is -0.399 e. The number of benzene rings is 1. The van der Waals surface area contributed by atoms with Gasteiger partial charge in [0.25, 0.3) is 0 Å². The minimum atomic E-state index is 0.103. The van der Waals surface area contributed by atoms with E-state index in [9.17, 15) is 4.79 Å². The number of para-hydroxylation sites is 1. The zero-order valence-corrected chi connectivity index (χ0v) is 13.7. The molecule has 0 heterocycles. The summed E-state index contributed by atoms with van der Waals surface area (Å²) in [5, 5.41) is 3.15. The van der Waals surface area contributed by atoms with Gasteiger partial charge < -0.3 is 16.0 Å². The summed E-state index contributed by atoms with van der Waals surface area (Å²) < 4.78 is 0. The van der Waals surface area contributed by atoms with Gasteiger partial charge in [0, 0.05) is 24.7 Å². The maximum Gasteiger partial charge on any atom is 0.220 e. The second-order valence-corrected chi connectivity index (χ2v) is 6.36. The van der Waals surface area contributed by atoms with Crippen LogP contribution in [0.3, 0.4) is 0 Å². The lowest BCUT2D eigenvalue weighted by Gasteiger charge is -2.24. The number of nitrogen functional groups attached to an aromatic ring is 1. The molecular weight excluding hydrogens is 262 g/mol. The van der Waals surface area contributed by atoms with Crippen molar-refractivity contribution < 1.29 is 4.79 Å². The van der Waals surface area contributed by atoms with Crippen molar-refractivity contribution in [2.24, 2.45) is 5.92 Å². The first-order valence-corrected chi connectivity index (χ1v) is 7.66. The Morgan fingerprint density at radius 3 is 2.52 bits per heavy atom. The average Bonchev–Trinajstić information content (AvgIpc) is 2.36. The monoisotopic (exact) mass is 291 g/mol. The zero-order chi connectivity index (χ0) is 15.8. The van der Waals surface area contributed by atoms with E-state index in [2.05, 4.69) is 24.1 Å². The first-order valence-electron chi connectivity index (χ1n) is 7.66. The van der Waals surface area contributed by atoms with Crippen molar-refractivity contribution in [3.63, 3.8) is 0 Å². The highest BCUT2D eigenvalue weighted by Crippen LogP contribution is 2.13. The van der Waals surface area contributed by atoms with Crippen LogP contribution in [0, 0.1) is 5.92 Å². The normalized spacial score (nSPS) is 12.7. The molecule has 118 valence electrons. The molecule has 1 atom stereocenters. The third-order valence-electron chi connectivity index (χ3n) is 3.38. The number of carbonyl (C=O) groups excluding carboxylic acids is 1. The van der Waals surface area contributed by atoms with Gasteiger partial charge in [0.2, 0.25) is 5.91 Å². The molecule has 4 nitrogen and oxygen atoms in total. The van der Waals surface area contributed by atoms with Crippen molar-refractivity contribution in [3.8, 4) is 0 Å². The SMILES string of the molecule is CC(C)CC(CN(C)C)NC(=O)CCc1ccccc1N. The van der Waals surface area contributed by atoms with Gasteiger partial charge >= 0.3 is 0 Å². The second-order valence-electron chi connectivity index (χ2n) is 6.36. The molecule has 21 heavy (non-hydrogen) atoms. The zero-order valence-electron chi connectivity index (χ0n) is 13.7. The van der Waals surface area contributed by atoms with Gasteiger partial charge in [0.05, 0.1) is 0 Å². The summed E-state index contributed by atoms with van der Waals surface area (Å²) in [6, 6.07) is 7.93. The van der Waals surface area contributed by atoms with Crippen LogP contribution in [-0.2, 0) is 11.2 Å². The summed E-state index contributed by atoms with van der Waals surface area (Å²) in [5.74, 6) is 0.672. The third-order valence-corrected chi connectivity index (χ3v) is 3.38. The van der Waals surface area contributed by atoms with Crippen LogP contribution >= 0.6 is 0 Å². The van der Waals surface area contributed by atoms with Gasteiger partial charge in [-0.3, -0.25) is 4.79 Å². The van der Waals surface area contributed by atoms with Gasteiger partial charge in [0.1, 0.15) is 0 Å². The summed E-state index contributed by atoms with van der Waals surface area (Å²) in [6.45, 7) is 5.23. The number of likely N-dealkylation sites (N-methyl/N-ethyl adjacent to an activating group) is 1. The molecule has 0 bridgehead atoms. The molecule has 1 aromatic rings. The number of nitrogens with two attached hydrogens (primary N) is 1. The molecular formula is C17H29N3O. The standard InChI is InChI=1S/C17H29N3O/c1-13(2)11-15(12-20(3)4)19-17(21)10-9-14-7-5-6-8-16(14)18/h5-8,13,15H,9-12,18H2,1-4H3,(H,19,21). The predicted octanol–water partition coefficient (Wildman–Crippen LogP) is 2.29. The summed E-state index contributed by atoms with van der Waals surface area (Å²) >= 11 is 0. The van der Waals surface area contributed by atoms with E-state index < -0.39 is 0 Å². The average molecular weight is 291 g/mol. The fraction of sp³-hybridized carbons (Fsp3) is 0.588. The molecule has 0 aliphatic rings. The lowest BCUT2D eigenvalue weighted by molar-refractivity contribution is -0.121. The Morgan fingerprint density at radius 1 is 1.29 bits per heavy atom. The van der Waals surface area contributed by atoms with Crippen LogP contribution < -0.4 is 11.1 Å². The fourth-order valence-electron chi connectivity index (χ4n) is 2.50. The van der Waals surface area contributed by atoms with Crippen LogP contribution in [0.5, 0.6) is 0 Å². The molecule has 0 aliphatic heterocycles. The molecule has 0 radical (unpaired) electrons. The Bertz CT molecular complexity index is 433. The first kappa shape index (κ1) is 17.5. The summed E-state index contributed by atoms with van der Waals surface area (Å²) in [4.78, 5) is 14.2. The number of rotatable bonds is 8. The van der Waals surface area contributed by atoms with Crippen molar-refractivity contribution in [2.75, 3.05) is 26.4 Å². The lowest BCUT2D eigenvalue weighted by atomic mass is 10.0. The van der Waals surface area contributed by atoms with Crippen LogP contribution in [0.1, 0.15) is 32.3 Å². The topological polar surface area (TPSA) is 58.4 Å². The molecule has 0 aliphatic carbocycles. The summed E-state index contributed by atoms with van der Waals surface area (Å²) in [6.07, 6.45) is 2.17. The van der Waals surface area contributed by atoms with E-state index in [4.69, 9.17) is 5.73 Å². The minimum absolute atomic E-state index is 0.103. The molecule has 0 fully saturated rings. The fourth-order valence-corrected chi connectivity index (χ4v) is 2.50. The van der Waals surface area contributed by atoms with Crippen LogP contribution in [0.25, 0.3) is 0 Å². The second kappa shape index (κ2) is 8.67. The van der Waals surface area contributed by atoms with Crippen molar-refractivity contribution in [1.82, 2.24) is 10.2 Å². The van der Waals surface area contributed by atoms with Gasteiger partial charge in [0.15, 0.2) is 0 Å². The van der Waals surface area contributed by atoms with Crippen molar-refractivity contribution >= 4 is 11.6 Å². The van der Waals surface area contributed by atoms with E-state index in [1.165, 1.54) is 0 Å². The first-order chi connectivity index (χ1) is 9.88. The highest BCUT2D eigenvalue weighted by molar-refractivity contribution is 5.76. The number of nitrogens with one attached hydrogen (secondary N) is 1. The Morgan fingerprint density at radius 2 is 1.95 bits per heavy atom. The number of hydrogen-bond acceptors (Lipinski definition) is 3. The Labute approximate surface area is 128 Å². The van der Waals surface area contributed by atoms with Gasteiger partial charge in [-0.2, -0.15) is 0 Å². The van der Waals surface area contributed by atoms with Crippen LogP contribution in [-0.4, -0.2) is 37.5 Å². The highest BCUT2D eigenvalue weighted by atomic mass is 16.1. The predicted molar refractivity (Wildman–Crippen MR) is 89.1 cm³/mol. The lowest BCUT2D eigenvalue weighted by Crippen LogP contribution is -2.42. The summed E-state index contributed by atoms with van der Waals surface area (Å²) in [7, 11) is 4.06. The Hall–Kier alpha value is -1.55. The molecule has 1 amide bonds. The van der Waals surface area contributed by atoms with Crippen molar-refractivity contribution in [2.45, 2.75) is 39.2 Å². The molecule has 1 aromatic carbocycles. The van der Waals surface area contributed by atoms with E-state index >= 15 is 0 Å². The van der Waals surface area contributed by atoms with Crippen molar-refractivity contribution in [1.29, 1.82) is 0 Å². The number of nitrogens with zero attached hydrogens (tertiary/aromatic N) is 1. The van der Waals surface area contributed by atoms with Gasteiger partial charge in [-0.05, 0) is 44.5 Å². The van der Waals surface area contributed by atoms with Gasteiger partial charge in [-0.1, -0.05) is 32.0 Å². The summed E-state index contributed by atoms with van der Waals surface area (Å²) in [5.41, 5.74) is 7.71. The molecule has 0 saturated heterocycles. The van der Waals surface area contributed by atoms with E-state index in [1.54, 1.807) is 0 Å². The Balaban J connectivity index is 2.48. The van der Waals surface area contributed by atoms with Crippen molar-refractivity contribution in [3.05, 3.63) is 29.8 Å². The highest BCUT2D eigenvalue weighted by Gasteiger charge is 2.15. The van der Waals surface area contributed by atoms with Gasteiger partial charge in [-0.15, -0.1) is 0 Å². The largest absolute Gasteiger partial charge is 0.399 e. The molecule has 4 heteroatoms. The maximum atomic E-state index is 12.1. The molecule has 0 aromatic heterocycles. The molecule has 1 rings (SSSR count). The molecule has 0 spiro atoms. The van der Waals surface area contributed by atoms with Gasteiger partial charge in [-0.25, -0.2) is 0 Å². The quantitative estimate of drug-likeness (QED) is 0.723. The number of anilines is 1. The third kappa shape index (κ3) is 7.14. The molecule has 3 N–H and O–H groups in total. The van der Waals surface area contributed by atoms with Crippen LogP contribution in [0.4, 0.5) is 5.69 Å². The van der Waals surface area contributed by atoms with E-state index in [1.807, 2.05) is 38.4 Å². The molecule has 0 saturated carbocycles. The number of carbonyl (C=O) groups is 1. The maximum absolute atomic E-state index is 12.1. The van der Waals surface area contributed by atoms with E-state index in [-0.39, 0.29) is 11.9 Å². The van der Waals surface area contributed by atoms with E-state index in [0.29, 0.717) is 18.8 Å². The number of hydrogen-bond donors (Lipinski definition) is 2. The number of amides is 1. The number of aryl methyl sites for hydroxylation is 1. The molecule has 1 unspecified atom stereocenters.